The minimum absolute atomic E-state index is 0.0163. The molecule has 2 aromatic carbocycles. The second-order valence-electron chi connectivity index (χ2n) is 6.63. The van der Waals surface area contributed by atoms with Crippen molar-refractivity contribution in [2.75, 3.05) is 13.2 Å². The summed E-state index contributed by atoms with van der Waals surface area (Å²) in [6.45, 7) is 3.15. The molecule has 1 aliphatic rings. The zero-order chi connectivity index (χ0) is 18.6. The summed E-state index contributed by atoms with van der Waals surface area (Å²) in [4.78, 5) is 19.4. The molecule has 138 valence electrons. The standard InChI is InChI=1S/C21H22N4O2/c1-16-22-21-19(14-17-8-4-2-5-9-17)24(12-13-25(21)23-16)20(26)15-27-18-10-6-3-7-11-18/h2-11,19H,12-15H2,1H3/t19-/m0/s1. The molecule has 1 aliphatic heterocycles. The van der Waals surface area contributed by atoms with Crippen LogP contribution in [0.15, 0.2) is 60.7 Å². The molecule has 2 heterocycles. The van der Waals surface area contributed by atoms with E-state index >= 15 is 0 Å². The third-order valence-electron chi connectivity index (χ3n) is 4.73. The van der Waals surface area contributed by atoms with Gasteiger partial charge in [-0.3, -0.25) is 4.79 Å². The zero-order valence-electron chi connectivity index (χ0n) is 15.3. The SMILES string of the molecule is Cc1nc2n(n1)CCN(C(=O)COc1ccccc1)[C@H]2Cc1ccccc1. The van der Waals surface area contributed by atoms with Gasteiger partial charge in [0, 0.05) is 13.0 Å². The number of benzene rings is 2. The van der Waals surface area contributed by atoms with Crippen molar-refractivity contribution in [3.63, 3.8) is 0 Å². The first-order valence-corrected chi connectivity index (χ1v) is 9.13. The molecule has 3 aromatic rings. The lowest BCUT2D eigenvalue weighted by molar-refractivity contribution is -0.137. The Labute approximate surface area is 158 Å². The molecular formula is C21H22N4O2. The van der Waals surface area contributed by atoms with Crippen LogP contribution < -0.4 is 4.74 Å². The molecule has 6 heteroatoms. The summed E-state index contributed by atoms with van der Waals surface area (Å²) in [5.41, 5.74) is 1.17. The summed E-state index contributed by atoms with van der Waals surface area (Å²) in [6.07, 6.45) is 0.704. The molecule has 27 heavy (non-hydrogen) atoms. The molecular weight excluding hydrogens is 340 g/mol. The maximum atomic E-state index is 12.9. The number of para-hydroxylation sites is 1. The van der Waals surface area contributed by atoms with E-state index in [0.717, 1.165) is 11.6 Å². The van der Waals surface area contributed by atoms with E-state index in [1.165, 1.54) is 5.56 Å². The Hall–Kier alpha value is -3.15. The largest absolute Gasteiger partial charge is 0.484 e. The Morgan fingerprint density at radius 2 is 1.78 bits per heavy atom. The van der Waals surface area contributed by atoms with Crippen molar-refractivity contribution >= 4 is 5.91 Å². The highest BCUT2D eigenvalue weighted by atomic mass is 16.5. The van der Waals surface area contributed by atoms with E-state index in [1.807, 2.05) is 65.0 Å². The van der Waals surface area contributed by atoms with Crippen molar-refractivity contribution in [1.82, 2.24) is 19.7 Å². The average Bonchev–Trinajstić information content (AvgIpc) is 3.09. The fourth-order valence-corrected chi connectivity index (χ4v) is 3.46. The summed E-state index contributed by atoms with van der Waals surface area (Å²) >= 11 is 0. The molecule has 0 N–H and O–H groups in total. The fourth-order valence-electron chi connectivity index (χ4n) is 3.46. The van der Waals surface area contributed by atoms with Crippen molar-refractivity contribution in [1.29, 1.82) is 0 Å². The summed E-state index contributed by atoms with van der Waals surface area (Å²) in [6, 6.07) is 19.4. The second-order valence-corrected chi connectivity index (χ2v) is 6.63. The Kier molecular flexibility index (Phi) is 4.87. The van der Waals surface area contributed by atoms with E-state index < -0.39 is 0 Å². The first-order valence-electron chi connectivity index (χ1n) is 9.13. The molecule has 6 nitrogen and oxygen atoms in total. The molecule has 0 bridgehead atoms. The second kappa shape index (κ2) is 7.61. The normalized spacial score (nSPS) is 16.0. The number of carbonyl (C=O) groups excluding carboxylic acids is 1. The molecule has 0 spiro atoms. The summed E-state index contributed by atoms with van der Waals surface area (Å²) in [5, 5.41) is 4.47. The molecule has 4 rings (SSSR count). The van der Waals surface area contributed by atoms with Gasteiger partial charge in [0.15, 0.2) is 6.61 Å². The van der Waals surface area contributed by atoms with Crippen molar-refractivity contribution < 1.29 is 9.53 Å². The number of hydrogen-bond donors (Lipinski definition) is 0. The molecule has 0 aliphatic carbocycles. The zero-order valence-corrected chi connectivity index (χ0v) is 15.3. The van der Waals surface area contributed by atoms with Crippen molar-refractivity contribution in [3.8, 4) is 5.75 Å². The quantitative estimate of drug-likeness (QED) is 0.700. The predicted octanol–water partition coefficient (Wildman–Crippen LogP) is 2.79. The lowest BCUT2D eigenvalue weighted by atomic mass is 10.0. The fraction of sp³-hybridized carbons (Fsp3) is 0.286. The van der Waals surface area contributed by atoms with Crippen LogP contribution in [0.25, 0.3) is 0 Å². The van der Waals surface area contributed by atoms with Crippen LogP contribution in [-0.2, 0) is 17.8 Å². The number of fused-ring (bicyclic) bond motifs is 1. The molecule has 1 amide bonds. The van der Waals surface area contributed by atoms with Crippen LogP contribution in [0.2, 0.25) is 0 Å². The van der Waals surface area contributed by atoms with Crippen LogP contribution in [0.1, 0.15) is 23.3 Å². The van der Waals surface area contributed by atoms with Gasteiger partial charge >= 0.3 is 0 Å². The lowest BCUT2D eigenvalue weighted by Gasteiger charge is -2.35. The number of ether oxygens (including phenoxy) is 1. The van der Waals surface area contributed by atoms with E-state index in [9.17, 15) is 4.79 Å². The van der Waals surface area contributed by atoms with Gasteiger partial charge in [-0.15, -0.1) is 0 Å². The van der Waals surface area contributed by atoms with Crippen LogP contribution in [0, 0.1) is 6.92 Å². The number of aromatic nitrogens is 3. The number of hydrogen-bond acceptors (Lipinski definition) is 4. The van der Waals surface area contributed by atoms with E-state index in [4.69, 9.17) is 4.74 Å². The average molecular weight is 362 g/mol. The smallest absolute Gasteiger partial charge is 0.261 e. The number of nitrogens with zero attached hydrogens (tertiary/aromatic N) is 4. The third kappa shape index (κ3) is 3.84. The number of carbonyl (C=O) groups is 1. The van der Waals surface area contributed by atoms with Gasteiger partial charge in [0.25, 0.3) is 5.91 Å². The van der Waals surface area contributed by atoms with Crippen LogP contribution in [0.4, 0.5) is 0 Å². The van der Waals surface area contributed by atoms with Crippen LogP contribution in [0.5, 0.6) is 5.75 Å². The molecule has 0 saturated heterocycles. The van der Waals surface area contributed by atoms with Gasteiger partial charge in [0.05, 0.1) is 12.6 Å². The minimum atomic E-state index is -0.144. The van der Waals surface area contributed by atoms with Gasteiger partial charge in [-0.1, -0.05) is 48.5 Å². The highest BCUT2D eigenvalue weighted by molar-refractivity contribution is 5.78. The Bertz CT molecular complexity index is 908. The van der Waals surface area contributed by atoms with Crippen LogP contribution in [-0.4, -0.2) is 38.7 Å². The van der Waals surface area contributed by atoms with Gasteiger partial charge in [0.1, 0.15) is 17.4 Å². The predicted molar refractivity (Wildman–Crippen MR) is 101 cm³/mol. The third-order valence-corrected chi connectivity index (χ3v) is 4.73. The monoisotopic (exact) mass is 362 g/mol. The van der Waals surface area contributed by atoms with Crippen LogP contribution >= 0.6 is 0 Å². The maximum absolute atomic E-state index is 12.9. The summed E-state index contributed by atoms with van der Waals surface area (Å²) in [5.74, 6) is 2.24. The van der Waals surface area contributed by atoms with Crippen molar-refractivity contribution in [3.05, 3.63) is 77.9 Å². The first kappa shape index (κ1) is 17.3. The van der Waals surface area contributed by atoms with Gasteiger partial charge in [0.2, 0.25) is 0 Å². The summed E-state index contributed by atoms with van der Waals surface area (Å²) in [7, 11) is 0. The molecule has 1 aromatic heterocycles. The molecule has 1 atom stereocenters. The van der Waals surface area contributed by atoms with Gasteiger partial charge in [-0.25, -0.2) is 9.67 Å². The van der Waals surface area contributed by atoms with E-state index in [-0.39, 0.29) is 18.6 Å². The molecule has 0 fully saturated rings. The highest BCUT2D eigenvalue weighted by Gasteiger charge is 2.33. The Morgan fingerprint density at radius 3 is 2.52 bits per heavy atom. The number of amides is 1. The van der Waals surface area contributed by atoms with Gasteiger partial charge < -0.3 is 9.64 Å². The minimum Gasteiger partial charge on any atom is -0.484 e. The van der Waals surface area contributed by atoms with E-state index in [1.54, 1.807) is 0 Å². The van der Waals surface area contributed by atoms with Gasteiger partial charge in [-0.05, 0) is 24.6 Å². The van der Waals surface area contributed by atoms with Crippen LogP contribution in [0.3, 0.4) is 0 Å². The van der Waals surface area contributed by atoms with E-state index in [0.29, 0.717) is 25.3 Å². The number of rotatable bonds is 5. The molecule has 0 saturated carbocycles. The maximum Gasteiger partial charge on any atom is 0.261 e. The van der Waals surface area contributed by atoms with E-state index in [2.05, 4.69) is 22.2 Å². The highest BCUT2D eigenvalue weighted by Crippen LogP contribution is 2.28. The number of aryl methyl sites for hydroxylation is 1. The lowest BCUT2D eigenvalue weighted by Crippen LogP contribution is -2.45. The molecule has 0 radical (unpaired) electrons. The molecule has 0 unspecified atom stereocenters. The topological polar surface area (TPSA) is 60.2 Å². The first-order chi connectivity index (χ1) is 13.2. The Morgan fingerprint density at radius 1 is 1.07 bits per heavy atom. The van der Waals surface area contributed by atoms with Gasteiger partial charge in [-0.2, -0.15) is 5.10 Å². The van der Waals surface area contributed by atoms with Crippen molar-refractivity contribution in [2.24, 2.45) is 0 Å². The summed E-state index contributed by atoms with van der Waals surface area (Å²) < 4.78 is 7.60. The Balaban J connectivity index is 1.55. The van der Waals surface area contributed by atoms with Crippen molar-refractivity contribution in [2.45, 2.75) is 25.9 Å².